The van der Waals surface area contributed by atoms with Crippen LogP contribution in [0.15, 0.2) is 35.6 Å². The highest BCUT2D eigenvalue weighted by atomic mass is 28.3. The number of hydrogen-bond donors (Lipinski definition) is 0. The van der Waals surface area contributed by atoms with E-state index in [1.54, 1.807) is 16.8 Å². The van der Waals surface area contributed by atoms with Gasteiger partial charge in [0.15, 0.2) is 0 Å². The van der Waals surface area contributed by atoms with E-state index in [-0.39, 0.29) is 0 Å². The quantitative estimate of drug-likeness (QED) is 0.367. The second kappa shape index (κ2) is 4.64. The molecule has 0 fully saturated rings. The third-order valence-electron chi connectivity index (χ3n) is 2.54. The van der Waals surface area contributed by atoms with Crippen LogP contribution in [0.2, 0.25) is 19.6 Å². The molecule has 2 rings (SSSR count). The second-order valence-corrected chi connectivity index (χ2v) is 10.0. The summed E-state index contributed by atoms with van der Waals surface area (Å²) in [4.78, 5) is 2.74. The van der Waals surface area contributed by atoms with Gasteiger partial charge in [0, 0.05) is 16.8 Å². The Morgan fingerprint density at radius 1 is 1.22 bits per heavy atom. The van der Waals surface area contributed by atoms with Gasteiger partial charge in [-0.3, -0.25) is 0 Å². The van der Waals surface area contributed by atoms with Gasteiger partial charge in [-0.25, -0.2) is 4.68 Å². The number of rotatable bonds is 3. The Kier molecular flexibility index (Phi) is 3.18. The van der Waals surface area contributed by atoms with E-state index in [0.717, 1.165) is 11.0 Å². The van der Waals surface area contributed by atoms with Crippen molar-refractivity contribution in [1.82, 2.24) is 15.0 Å². The van der Waals surface area contributed by atoms with Gasteiger partial charge in [0.2, 0.25) is 0 Å². The lowest BCUT2D eigenvalue weighted by molar-refractivity contribution is 0.804. The van der Waals surface area contributed by atoms with E-state index in [1.807, 2.05) is 18.3 Å². The summed E-state index contributed by atoms with van der Waals surface area (Å²) in [6, 6.07) is 7.22. The van der Waals surface area contributed by atoms with Crippen LogP contribution < -0.4 is 5.32 Å². The van der Waals surface area contributed by atoms with Gasteiger partial charge in [0.1, 0.15) is 8.07 Å². The number of hydrogen-bond acceptors (Lipinski definition) is 3. The average molecular weight is 258 g/mol. The molecule has 0 aliphatic carbocycles. The SMILES string of the molecule is C[Si](C)(C)c1cn(-c2ccc(N=[N+]=[N-])cc2)nn1. The van der Waals surface area contributed by atoms with Crippen LogP contribution in [0.1, 0.15) is 0 Å². The van der Waals surface area contributed by atoms with Crippen molar-refractivity contribution in [3.63, 3.8) is 0 Å². The van der Waals surface area contributed by atoms with Crippen molar-refractivity contribution < 1.29 is 0 Å². The molecule has 0 saturated heterocycles. The summed E-state index contributed by atoms with van der Waals surface area (Å²) in [7, 11) is -1.43. The molecule has 0 unspecified atom stereocenters. The molecule has 1 aromatic carbocycles. The summed E-state index contributed by atoms with van der Waals surface area (Å²) in [5, 5.41) is 12.9. The highest BCUT2D eigenvalue weighted by molar-refractivity contribution is 6.88. The van der Waals surface area contributed by atoms with Crippen LogP contribution >= 0.6 is 0 Å². The Labute approximate surface area is 106 Å². The summed E-state index contributed by atoms with van der Waals surface area (Å²) in [6.45, 7) is 6.68. The van der Waals surface area contributed by atoms with Gasteiger partial charge >= 0.3 is 0 Å². The number of nitrogens with zero attached hydrogens (tertiary/aromatic N) is 6. The molecule has 0 amide bonds. The molecular formula is C11H14N6Si. The van der Waals surface area contributed by atoms with Crippen LogP contribution in [0, 0.1) is 0 Å². The fourth-order valence-corrected chi connectivity index (χ4v) is 2.31. The van der Waals surface area contributed by atoms with Crippen molar-refractivity contribution in [2.24, 2.45) is 5.11 Å². The van der Waals surface area contributed by atoms with E-state index in [0.29, 0.717) is 5.69 Å². The van der Waals surface area contributed by atoms with Crippen LogP contribution in [0.3, 0.4) is 0 Å². The Hall–Kier alpha value is -2.11. The van der Waals surface area contributed by atoms with E-state index in [4.69, 9.17) is 5.53 Å². The smallest absolute Gasteiger partial charge is 0.106 e. The van der Waals surface area contributed by atoms with Gasteiger partial charge in [-0.1, -0.05) is 42.1 Å². The third kappa shape index (κ3) is 2.58. The summed E-state index contributed by atoms with van der Waals surface area (Å²) in [5.74, 6) is 0. The maximum Gasteiger partial charge on any atom is 0.106 e. The zero-order valence-electron chi connectivity index (χ0n) is 10.6. The fourth-order valence-electron chi connectivity index (χ4n) is 1.46. The molecule has 0 N–H and O–H groups in total. The van der Waals surface area contributed by atoms with Gasteiger partial charge in [0.25, 0.3) is 0 Å². The molecule has 0 bridgehead atoms. The first-order valence-corrected chi connectivity index (χ1v) is 9.09. The molecule has 0 spiro atoms. The Balaban J connectivity index is 2.32. The van der Waals surface area contributed by atoms with Crippen molar-refractivity contribution in [2.45, 2.75) is 19.6 Å². The van der Waals surface area contributed by atoms with E-state index in [1.165, 1.54) is 0 Å². The van der Waals surface area contributed by atoms with Gasteiger partial charge in [0.05, 0.1) is 11.0 Å². The van der Waals surface area contributed by atoms with E-state index in [2.05, 4.69) is 40.0 Å². The van der Waals surface area contributed by atoms with Crippen LogP contribution in [-0.2, 0) is 0 Å². The van der Waals surface area contributed by atoms with Crippen LogP contribution in [0.5, 0.6) is 0 Å². The molecule has 0 aliphatic heterocycles. The van der Waals surface area contributed by atoms with Crippen LogP contribution in [0.4, 0.5) is 5.69 Å². The largest absolute Gasteiger partial charge is 0.221 e. The molecular weight excluding hydrogens is 244 g/mol. The highest BCUT2D eigenvalue weighted by Gasteiger charge is 2.20. The lowest BCUT2D eigenvalue weighted by Gasteiger charge is -2.09. The first-order chi connectivity index (χ1) is 8.50. The zero-order chi connectivity index (χ0) is 13.2. The van der Waals surface area contributed by atoms with Crippen LogP contribution in [0.25, 0.3) is 16.1 Å². The Bertz CT molecular complexity index is 589. The minimum Gasteiger partial charge on any atom is -0.221 e. The molecule has 0 saturated carbocycles. The van der Waals surface area contributed by atoms with Crippen molar-refractivity contribution in [1.29, 1.82) is 0 Å². The first-order valence-electron chi connectivity index (χ1n) is 5.59. The summed E-state index contributed by atoms with van der Waals surface area (Å²) in [5.41, 5.74) is 9.83. The van der Waals surface area contributed by atoms with Gasteiger partial charge in [-0.05, 0) is 17.7 Å². The summed E-state index contributed by atoms with van der Waals surface area (Å²) in [6.07, 6.45) is 1.97. The molecule has 6 nitrogen and oxygen atoms in total. The lowest BCUT2D eigenvalue weighted by Crippen LogP contribution is -2.38. The lowest BCUT2D eigenvalue weighted by atomic mass is 10.3. The van der Waals surface area contributed by atoms with Gasteiger partial charge in [-0.15, -0.1) is 5.10 Å². The van der Waals surface area contributed by atoms with Crippen molar-refractivity contribution >= 4 is 19.1 Å². The van der Waals surface area contributed by atoms with Gasteiger partial charge < -0.3 is 0 Å². The molecule has 18 heavy (non-hydrogen) atoms. The predicted octanol–water partition coefficient (Wildman–Crippen LogP) is 2.75. The molecule has 7 heteroatoms. The Morgan fingerprint density at radius 2 is 1.89 bits per heavy atom. The van der Waals surface area contributed by atoms with Gasteiger partial charge in [-0.2, -0.15) is 0 Å². The molecule has 0 atom stereocenters. The topological polar surface area (TPSA) is 79.5 Å². The molecule has 1 heterocycles. The monoisotopic (exact) mass is 258 g/mol. The minimum atomic E-state index is -1.43. The maximum absolute atomic E-state index is 8.33. The molecule has 2 aromatic rings. The second-order valence-electron chi connectivity index (χ2n) is 5.00. The number of benzene rings is 1. The summed E-state index contributed by atoms with van der Waals surface area (Å²) < 4.78 is 1.74. The van der Waals surface area contributed by atoms with Crippen LogP contribution in [-0.4, -0.2) is 23.1 Å². The molecule has 0 radical (unpaired) electrons. The molecule has 1 aromatic heterocycles. The predicted molar refractivity (Wildman–Crippen MR) is 73.1 cm³/mol. The highest BCUT2D eigenvalue weighted by Crippen LogP contribution is 2.15. The number of aromatic nitrogens is 3. The number of azide groups is 1. The van der Waals surface area contributed by atoms with Crippen molar-refractivity contribution in [3.05, 3.63) is 40.9 Å². The standard InChI is InChI=1S/C11H14N6Si/c1-18(2,3)11-8-17(16-14-11)10-6-4-9(5-7-10)13-15-12/h4-8H,1-3H3. The maximum atomic E-state index is 8.33. The van der Waals surface area contributed by atoms with Crippen molar-refractivity contribution in [2.75, 3.05) is 0 Å². The zero-order valence-corrected chi connectivity index (χ0v) is 11.6. The molecule has 92 valence electrons. The van der Waals surface area contributed by atoms with E-state index in [9.17, 15) is 0 Å². The minimum absolute atomic E-state index is 0.590. The van der Waals surface area contributed by atoms with E-state index >= 15 is 0 Å². The molecule has 0 aliphatic rings. The fraction of sp³-hybridized carbons (Fsp3) is 0.273. The van der Waals surface area contributed by atoms with Crippen molar-refractivity contribution in [3.8, 4) is 5.69 Å². The Morgan fingerprint density at radius 3 is 2.39 bits per heavy atom. The van der Waals surface area contributed by atoms with E-state index < -0.39 is 8.07 Å². The summed E-state index contributed by atoms with van der Waals surface area (Å²) >= 11 is 0. The first kappa shape index (κ1) is 12.3. The normalized spacial score (nSPS) is 11.1. The third-order valence-corrected chi connectivity index (χ3v) is 4.30. The average Bonchev–Trinajstić information content (AvgIpc) is 2.79.